The predicted molar refractivity (Wildman–Crippen MR) is 123 cm³/mol. The van der Waals surface area contributed by atoms with Crippen molar-refractivity contribution in [2.24, 2.45) is 5.10 Å². The molecule has 0 unspecified atom stereocenters. The van der Waals surface area contributed by atoms with Crippen molar-refractivity contribution in [3.63, 3.8) is 0 Å². The number of hydrogen-bond acceptors (Lipinski definition) is 2. The van der Waals surface area contributed by atoms with E-state index < -0.39 is 0 Å². The highest BCUT2D eigenvalue weighted by molar-refractivity contribution is 6.30. The molecule has 0 atom stereocenters. The van der Waals surface area contributed by atoms with Gasteiger partial charge >= 0.3 is 0 Å². The van der Waals surface area contributed by atoms with Crippen LogP contribution in [0.1, 0.15) is 32.7 Å². The number of fused-ring (bicyclic) bond motifs is 1. The maximum absolute atomic E-state index is 12.6. The van der Waals surface area contributed by atoms with Gasteiger partial charge in [-0.05, 0) is 60.9 Å². The molecule has 0 fully saturated rings. The number of hydrogen-bond donors (Lipinski definition) is 1. The summed E-state index contributed by atoms with van der Waals surface area (Å²) >= 11 is 5.88. The molecule has 0 aliphatic carbocycles. The quantitative estimate of drug-likeness (QED) is 0.328. The summed E-state index contributed by atoms with van der Waals surface area (Å²) in [6.45, 7) is 5.02. The molecule has 0 saturated carbocycles. The van der Waals surface area contributed by atoms with Gasteiger partial charge in [0.15, 0.2) is 0 Å². The maximum atomic E-state index is 12.6. The Morgan fingerprint density at radius 1 is 1.03 bits per heavy atom. The van der Waals surface area contributed by atoms with Gasteiger partial charge < -0.3 is 4.57 Å². The van der Waals surface area contributed by atoms with Crippen LogP contribution in [0.25, 0.3) is 10.9 Å². The molecule has 1 amide bonds. The van der Waals surface area contributed by atoms with Gasteiger partial charge in [-0.2, -0.15) is 5.10 Å². The number of aromatic nitrogens is 1. The first-order valence-corrected chi connectivity index (χ1v) is 10.1. The Bertz CT molecular complexity index is 1220. The first-order valence-electron chi connectivity index (χ1n) is 9.75. The standard InChI is InChI=1S/C25H22ClN3O/c1-17-18(2)29(16-20-6-4-3-5-7-20)24-13-10-21(14-23(17)24)25(30)28-27-15-19-8-11-22(26)12-9-19/h3-15H,16H2,1-2H3,(H,28,30). The minimum absolute atomic E-state index is 0.241. The fourth-order valence-corrected chi connectivity index (χ4v) is 3.67. The van der Waals surface area contributed by atoms with Gasteiger partial charge in [0.25, 0.3) is 5.91 Å². The van der Waals surface area contributed by atoms with E-state index in [9.17, 15) is 4.79 Å². The lowest BCUT2D eigenvalue weighted by Gasteiger charge is -2.09. The van der Waals surface area contributed by atoms with Crippen LogP contribution in [-0.4, -0.2) is 16.7 Å². The van der Waals surface area contributed by atoms with Crippen LogP contribution in [0.3, 0.4) is 0 Å². The Labute approximate surface area is 180 Å². The molecular weight excluding hydrogens is 394 g/mol. The number of carbonyl (C=O) groups is 1. The molecule has 0 aliphatic heterocycles. The summed E-state index contributed by atoms with van der Waals surface area (Å²) in [7, 11) is 0. The normalized spacial score (nSPS) is 11.3. The Morgan fingerprint density at radius 3 is 2.50 bits per heavy atom. The molecule has 3 aromatic carbocycles. The molecule has 0 aliphatic rings. The van der Waals surface area contributed by atoms with Gasteiger partial charge in [0.05, 0.1) is 6.21 Å². The van der Waals surface area contributed by atoms with Crippen molar-refractivity contribution in [3.05, 3.63) is 106 Å². The van der Waals surface area contributed by atoms with Crippen molar-refractivity contribution in [1.29, 1.82) is 0 Å². The highest BCUT2D eigenvalue weighted by Gasteiger charge is 2.14. The molecule has 0 saturated heterocycles. The van der Waals surface area contributed by atoms with Gasteiger partial charge in [0.2, 0.25) is 0 Å². The first kappa shape index (κ1) is 19.9. The number of carbonyl (C=O) groups excluding carboxylic acids is 1. The van der Waals surface area contributed by atoms with Crippen molar-refractivity contribution >= 4 is 34.6 Å². The third-order valence-corrected chi connectivity index (χ3v) is 5.59. The van der Waals surface area contributed by atoms with Gasteiger partial charge in [-0.25, -0.2) is 5.43 Å². The van der Waals surface area contributed by atoms with E-state index in [0.717, 1.165) is 23.0 Å². The number of hydrazone groups is 1. The van der Waals surface area contributed by atoms with Gasteiger partial charge in [0.1, 0.15) is 0 Å². The van der Waals surface area contributed by atoms with Crippen molar-refractivity contribution in [2.45, 2.75) is 20.4 Å². The van der Waals surface area contributed by atoms with Crippen LogP contribution in [-0.2, 0) is 6.54 Å². The third-order valence-electron chi connectivity index (χ3n) is 5.33. The lowest BCUT2D eigenvalue weighted by Crippen LogP contribution is -2.17. The second-order valence-corrected chi connectivity index (χ2v) is 7.70. The lowest BCUT2D eigenvalue weighted by molar-refractivity contribution is 0.0955. The van der Waals surface area contributed by atoms with Crippen LogP contribution < -0.4 is 5.43 Å². The SMILES string of the molecule is Cc1c(C)n(Cc2ccccc2)c2ccc(C(=O)NN=Cc3ccc(Cl)cc3)cc12. The highest BCUT2D eigenvalue weighted by Crippen LogP contribution is 2.27. The average molecular weight is 416 g/mol. The number of amides is 1. The number of nitrogens with zero attached hydrogens (tertiary/aromatic N) is 2. The van der Waals surface area contributed by atoms with Crippen molar-refractivity contribution < 1.29 is 4.79 Å². The van der Waals surface area contributed by atoms with E-state index in [1.54, 1.807) is 18.3 Å². The molecule has 1 heterocycles. The van der Waals surface area contributed by atoms with Crippen molar-refractivity contribution in [1.82, 2.24) is 9.99 Å². The zero-order chi connectivity index (χ0) is 21.1. The minimum Gasteiger partial charge on any atom is -0.340 e. The van der Waals surface area contributed by atoms with E-state index >= 15 is 0 Å². The maximum Gasteiger partial charge on any atom is 0.271 e. The van der Waals surface area contributed by atoms with Crippen LogP contribution in [0, 0.1) is 13.8 Å². The van der Waals surface area contributed by atoms with Gasteiger partial charge in [0, 0.05) is 33.7 Å². The van der Waals surface area contributed by atoms with E-state index in [4.69, 9.17) is 11.6 Å². The van der Waals surface area contributed by atoms with Gasteiger partial charge in [-0.15, -0.1) is 0 Å². The average Bonchev–Trinajstić information content (AvgIpc) is 3.00. The molecule has 30 heavy (non-hydrogen) atoms. The predicted octanol–water partition coefficient (Wildman–Crippen LogP) is 5.72. The smallest absolute Gasteiger partial charge is 0.271 e. The second kappa shape index (κ2) is 8.56. The molecule has 0 bridgehead atoms. The summed E-state index contributed by atoms with van der Waals surface area (Å²) in [5.74, 6) is -0.241. The molecular formula is C25H22ClN3O. The molecule has 0 radical (unpaired) electrons. The van der Waals surface area contributed by atoms with Gasteiger partial charge in [-0.3, -0.25) is 4.79 Å². The summed E-state index contributed by atoms with van der Waals surface area (Å²) < 4.78 is 2.29. The van der Waals surface area contributed by atoms with Crippen LogP contribution in [0.4, 0.5) is 0 Å². The van der Waals surface area contributed by atoms with E-state index in [2.05, 4.69) is 53.2 Å². The number of benzene rings is 3. The molecule has 0 spiro atoms. The Balaban J connectivity index is 1.56. The fraction of sp³-hybridized carbons (Fsp3) is 0.120. The number of rotatable bonds is 5. The van der Waals surface area contributed by atoms with Crippen LogP contribution in [0.15, 0.2) is 77.9 Å². The van der Waals surface area contributed by atoms with Crippen molar-refractivity contribution in [3.8, 4) is 0 Å². The largest absolute Gasteiger partial charge is 0.340 e. The summed E-state index contributed by atoms with van der Waals surface area (Å²) in [5, 5.41) is 5.80. The molecule has 4 aromatic rings. The lowest BCUT2D eigenvalue weighted by atomic mass is 10.1. The van der Waals surface area contributed by atoms with Crippen LogP contribution >= 0.6 is 11.6 Å². The van der Waals surface area contributed by atoms with E-state index in [-0.39, 0.29) is 5.91 Å². The highest BCUT2D eigenvalue weighted by atomic mass is 35.5. The molecule has 4 rings (SSSR count). The number of nitrogens with one attached hydrogen (secondary N) is 1. The second-order valence-electron chi connectivity index (χ2n) is 7.26. The summed E-state index contributed by atoms with van der Waals surface area (Å²) in [5.41, 5.74) is 8.79. The minimum atomic E-state index is -0.241. The van der Waals surface area contributed by atoms with Crippen LogP contribution in [0.5, 0.6) is 0 Å². The molecule has 4 nitrogen and oxygen atoms in total. The van der Waals surface area contributed by atoms with E-state index in [1.807, 2.05) is 36.4 Å². The van der Waals surface area contributed by atoms with E-state index in [0.29, 0.717) is 10.6 Å². The van der Waals surface area contributed by atoms with E-state index in [1.165, 1.54) is 16.8 Å². The molecule has 1 aromatic heterocycles. The van der Waals surface area contributed by atoms with Crippen LogP contribution in [0.2, 0.25) is 5.02 Å². The zero-order valence-electron chi connectivity index (χ0n) is 16.9. The Hall–Kier alpha value is -3.37. The zero-order valence-corrected chi connectivity index (χ0v) is 17.6. The monoisotopic (exact) mass is 415 g/mol. The van der Waals surface area contributed by atoms with Gasteiger partial charge in [-0.1, -0.05) is 54.1 Å². The fourth-order valence-electron chi connectivity index (χ4n) is 3.54. The third kappa shape index (κ3) is 4.14. The number of halogens is 1. The molecule has 150 valence electrons. The Morgan fingerprint density at radius 2 is 1.77 bits per heavy atom. The molecule has 5 heteroatoms. The van der Waals surface area contributed by atoms with Crippen molar-refractivity contribution in [2.75, 3.05) is 0 Å². The Kier molecular flexibility index (Phi) is 5.68. The summed E-state index contributed by atoms with van der Waals surface area (Å²) in [4.78, 5) is 12.6. The topological polar surface area (TPSA) is 46.4 Å². The summed E-state index contributed by atoms with van der Waals surface area (Å²) in [6.07, 6.45) is 1.60. The number of aryl methyl sites for hydroxylation is 1. The molecule has 1 N–H and O–H groups in total. The first-order chi connectivity index (χ1) is 14.5. The summed E-state index contributed by atoms with van der Waals surface area (Å²) in [6, 6.07) is 23.4.